The zero-order chi connectivity index (χ0) is 9.84. The molecule has 0 aliphatic heterocycles. The highest BCUT2D eigenvalue weighted by molar-refractivity contribution is 5.98. The van der Waals surface area contributed by atoms with Gasteiger partial charge in [0.05, 0.1) is 0 Å². The summed E-state index contributed by atoms with van der Waals surface area (Å²) >= 11 is 0. The minimum absolute atomic E-state index is 0.0546. The van der Waals surface area contributed by atoms with Crippen LogP contribution in [0.4, 0.5) is 0 Å². The second-order valence-corrected chi connectivity index (χ2v) is 3.59. The summed E-state index contributed by atoms with van der Waals surface area (Å²) in [6.07, 6.45) is 5.82. The van der Waals surface area contributed by atoms with Gasteiger partial charge in [-0.15, -0.1) is 0 Å². The van der Waals surface area contributed by atoms with Gasteiger partial charge in [0.25, 0.3) is 0 Å². The molecule has 0 aromatic heterocycles. The van der Waals surface area contributed by atoms with Crippen LogP contribution >= 0.6 is 0 Å². The molecule has 1 aliphatic rings. The Morgan fingerprint density at radius 2 is 2.31 bits per heavy atom. The summed E-state index contributed by atoms with van der Waals surface area (Å²) in [5, 5.41) is 8.87. The summed E-state index contributed by atoms with van der Waals surface area (Å²) in [5.41, 5.74) is 0.918. The molecule has 0 fully saturated rings. The molecule has 0 saturated carbocycles. The molecular weight excluding hydrogens is 166 g/mol. The fourth-order valence-electron chi connectivity index (χ4n) is 1.31. The third kappa shape index (κ3) is 2.68. The van der Waals surface area contributed by atoms with Crippen molar-refractivity contribution in [2.75, 3.05) is 0 Å². The maximum absolute atomic E-state index is 10.8. The summed E-state index contributed by atoms with van der Waals surface area (Å²) in [6, 6.07) is -0.585. The van der Waals surface area contributed by atoms with Crippen LogP contribution in [-0.2, 0) is 4.79 Å². The Morgan fingerprint density at radius 1 is 1.62 bits per heavy atom. The Bertz CT molecular complexity index is 254. The Morgan fingerprint density at radius 3 is 2.69 bits per heavy atom. The van der Waals surface area contributed by atoms with Gasteiger partial charge >= 0.3 is 5.97 Å². The summed E-state index contributed by atoms with van der Waals surface area (Å²) < 4.78 is 0. The van der Waals surface area contributed by atoms with E-state index in [4.69, 9.17) is 5.11 Å². The molecule has 0 aromatic carbocycles. The van der Waals surface area contributed by atoms with Gasteiger partial charge in [0.2, 0.25) is 0 Å². The van der Waals surface area contributed by atoms with E-state index in [-0.39, 0.29) is 5.92 Å². The molecule has 1 atom stereocenters. The summed E-state index contributed by atoms with van der Waals surface area (Å²) in [6.45, 7) is 3.75. The van der Waals surface area contributed by atoms with E-state index < -0.39 is 12.0 Å². The molecule has 1 aliphatic carbocycles. The molecule has 0 spiro atoms. The zero-order valence-corrected chi connectivity index (χ0v) is 8.03. The van der Waals surface area contributed by atoms with Crippen molar-refractivity contribution < 1.29 is 9.90 Å². The van der Waals surface area contributed by atoms with Crippen LogP contribution in [0.1, 0.15) is 26.7 Å². The van der Waals surface area contributed by atoms with Gasteiger partial charge in [-0.05, 0) is 24.8 Å². The predicted molar refractivity (Wildman–Crippen MR) is 52.1 cm³/mol. The molecule has 1 rings (SSSR count). The fourth-order valence-corrected chi connectivity index (χ4v) is 1.31. The number of aliphatic carboxylic acids is 1. The average molecular weight is 181 g/mol. The van der Waals surface area contributed by atoms with Crippen molar-refractivity contribution in [2.45, 2.75) is 32.7 Å². The van der Waals surface area contributed by atoms with Crippen LogP contribution in [0, 0.1) is 5.92 Å². The van der Waals surface area contributed by atoms with Crippen molar-refractivity contribution in [3.8, 4) is 0 Å². The highest BCUT2D eigenvalue weighted by Crippen LogP contribution is 2.12. The third-order valence-corrected chi connectivity index (χ3v) is 2.07. The first-order chi connectivity index (χ1) is 6.11. The quantitative estimate of drug-likeness (QED) is 0.722. The monoisotopic (exact) mass is 181 g/mol. The zero-order valence-electron chi connectivity index (χ0n) is 8.03. The average Bonchev–Trinajstić information content (AvgIpc) is 2.50. The van der Waals surface area contributed by atoms with Gasteiger partial charge in [-0.2, -0.15) is 0 Å². The number of hydrogen-bond acceptors (Lipinski definition) is 2. The second kappa shape index (κ2) is 4.21. The van der Waals surface area contributed by atoms with Crippen LogP contribution in [-0.4, -0.2) is 22.8 Å². The van der Waals surface area contributed by atoms with Crippen molar-refractivity contribution in [3.63, 3.8) is 0 Å². The van der Waals surface area contributed by atoms with Crippen LogP contribution in [0.2, 0.25) is 0 Å². The van der Waals surface area contributed by atoms with E-state index in [1.807, 2.05) is 26.0 Å². The van der Waals surface area contributed by atoms with Crippen molar-refractivity contribution >= 4 is 11.7 Å². The maximum Gasteiger partial charge on any atom is 0.328 e. The van der Waals surface area contributed by atoms with Gasteiger partial charge in [-0.3, -0.25) is 4.99 Å². The van der Waals surface area contributed by atoms with E-state index in [0.29, 0.717) is 0 Å². The lowest BCUT2D eigenvalue weighted by Crippen LogP contribution is -2.25. The van der Waals surface area contributed by atoms with E-state index in [9.17, 15) is 4.79 Å². The molecule has 3 heteroatoms. The molecule has 0 radical (unpaired) electrons. The molecule has 0 saturated heterocycles. The van der Waals surface area contributed by atoms with Crippen molar-refractivity contribution in [1.29, 1.82) is 0 Å². The number of rotatable bonds is 3. The molecule has 3 nitrogen and oxygen atoms in total. The molecule has 13 heavy (non-hydrogen) atoms. The Kier molecular flexibility index (Phi) is 3.23. The standard InChI is InChI=1S/C10H15NO2/c1-7(2)9(10(12)13)11-8-5-3-4-6-8/h3,5,7,9H,4,6H2,1-2H3,(H,12,13)/t9-/m0/s1. The smallest absolute Gasteiger partial charge is 0.328 e. The molecule has 72 valence electrons. The van der Waals surface area contributed by atoms with Gasteiger partial charge in [-0.25, -0.2) is 4.79 Å². The summed E-state index contributed by atoms with van der Waals surface area (Å²) in [7, 11) is 0. The second-order valence-electron chi connectivity index (χ2n) is 3.59. The first kappa shape index (κ1) is 9.96. The first-order valence-electron chi connectivity index (χ1n) is 4.57. The molecule has 0 amide bonds. The number of carbonyl (C=O) groups is 1. The van der Waals surface area contributed by atoms with E-state index >= 15 is 0 Å². The van der Waals surface area contributed by atoms with Crippen LogP contribution in [0.5, 0.6) is 0 Å². The van der Waals surface area contributed by atoms with E-state index in [0.717, 1.165) is 18.6 Å². The largest absolute Gasteiger partial charge is 0.480 e. The van der Waals surface area contributed by atoms with Crippen molar-refractivity contribution in [3.05, 3.63) is 12.2 Å². The highest BCUT2D eigenvalue weighted by atomic mass is 16.4. The Labute approximate surface area is 78.2 Å². The minimum atomic E-state index is -0.831. The van der Waals surface area contributed by atoms with Gasteiger partial charge in [0, 0.05) is 5.71 Å². The summed E-state index contributed by atoms with van der Waals surface area (Å²) in [4.78, 5) is 15.0. The first-order valence-corrected chi connectivity index (χ1v) is 4.57. The highest BCUT2D eigenvalue weighted by Gasteiger charge is 2.20. The van der Waals surface area contributed by atoms with Crippen LogP contribution in [0.25, 0.3) is 0 Å². The number of carboxylic acids is 1. The van der Waals surface area contributed by atoms with Gasteiger partial charge in [-0.1, -0.05) is 19.9 Å². The summed E-state index contributed by atoms with van der Waals surface area (Å²) in [5.74, 6) is -0.776. The van der Waals surface area contributed by atoms with E-state index in [2.05, 4.69) is 4.99 Å². The SMILES string of the molecule is CC(C)[C@H](N=C1C=CCC1)C(=O)O. The normalized spacial score (nSPS) is 21.3. The number of carboxylic acid groups (broad SMARTS) is 1. The van der Waals surface area contributed by atoms with Crippen LogP contribution in [0.3, 0.4) is 0 Å². The Hall–Kier alpha value is -1.12. The van der Waals surface area contributed by atoms with Crippen molar-refractivity contribution in [1.82, 2.24) is 0 Å². The van der Waals surface area contributed by atoms with E-state index in [1.165, 1.54) is 0 Å². The molecule has 0 heterocycles. The van der Waals surface area contributed by atoms with Crippen LogP contribution < -0.4 is 0 Å². The minimum Gasteiger partial charge on any atom is -0.480 e. The van der Waals surface area contributed by atoms with Crippen LogP contribution in [0.15, 0.2) is 17.1 Å². The molecule has 0 unspecified atom stereocenters. The lowest BCUT2D eigenvalue weighted by atomic mass is 10.1. The topological polar surface area (TPSA) is 49.7 Å². The number of aliphatic imine (C=N–C) groups is 1. The molecule has 0 aromatic rings. The van der Waals surface area contributed by atoms with Gasteiger partial charge < -0.3 is 5.11 Å². The lowest BCUT2D eigenvalue weighted by Gasteiger charge is -2.11. The number of allylic oxidation sites excluding steroid dienone is 2. The third-order valence-electron chi connectivity index (χ3n) is 2.07. The fraction of sp³-hybridized carbons (Fsp3) is 0.600. The maximum atomic E-state index is 10.8. The lowest BCUT2D eigenvalue weighted by molar-refractivity contribution is -0.139. The predicted octanol–water partition coefficient (Wildman–Crippen LogP) is 1.89. The molecule has 1 N–H and O–H groups in total. The number of hydrogen-bond donors (Lipinski definition) is 1. The van der Waals surface area contributed by atoms with E-state index in [1.54, 1.807) is 0 Å². The number of nitrogens with zero attached hydrogens (tertiary/aromatic N) is 1. The molecule has 0 bridgehead atoms. The Balaban J connectivity index is 2.71. The van der Waals surface area contributed by atoms with Crippen molar-refractivity contribution in [2.24, 2.45) is 10.9 Å². The van der Waals surface area contributed by atoms with Gasteiger partial charge in [0.15, 0.2) is 0 Å². The molecular formula is C10H15NO2. The van der Waals surface area contributed by atoms with Gasteiger partial charge in [0.1, 0.15) is 6.04 Å².